The van der Waals surface area contributed by atoms with Gasteiger partial charge in [-0.05, 0) is 31.2 Å². The van der Waals surface area contributed by atoms with E-state index in [9.17, 15) is 0 Å². The lowest BCUT2D eigenvalue weighted by molar-refractivity contribution is -0.0817. The minimum atomic E-state index is 0. The van der Waals surface area contributed by atoms with E-state index >= 15 is 0 Å². The standard InChI is InChI=1S/C21H34N4O3S.HI/c1-16-14-24(7-10-26-16)17(20-6-4-12-29-20)13-23-21(22-2)25-8-11-28-19(15-25)18-5-3-9-27-18;/h4,6,12,16-19H,3,5,7-11,13-15H2,1-2H3,(H,22,23);1H. The van der Waals surface area contributed by atoms with Gasteiger partial charge in [0.15, 0.2) is 5.96 Å². The minimum Gasteiger partial charge on any atom is -0.376 e. The molecule has 0 radical (unpaired) electrons. The van der Waals surface area contributed by atoms with E-state index in [0.29, 0.717) is 6.04 Å². The number of thiophene rings is 1. The fourth-order valence-electron chi connectivity index (χ4n) is 4.53. The molecule has 3 fully saturated rings. The van der Waals surface area contributed by atoms with Gasteiger partial charge in [-0.2, -0.15) is 0 Å². The summed E-state index contributed by atoms with van der Waals surface area (Å²) in [5, 5.41) is 5.82. The van der Waals surface area contributed by atoms with Crippen LogP contribution >= 0.6 is 35.3 Å². The zero-order valence-electron chi connectivity index (χ0n) is 18.0. The quantitative estimate of drug-likeness (QED) is 0.346. The maximum atomic E-state index is 6.01. The Labute approximate surface area is 201 Å². The minimum absolute atomic E-state index is 0. The number of morpholine rings is 2. The van der Waals surface area contributed by atoms with Crippen LogP contribution in [0.2, 0.25) is 0 Å². The summed E-state index contributed by atoms with van der Waals surface area (Å²) in [7, 11) is 1.87. The molecule has 0 spiro atoms. The van der Waals surface area contributed by atoms with Gasteiger partial charge in [-0.15, -0.1) is 35.3 Å². The van der Waals surface area contributed by atoms with Crippen LogP contribution in [0, 0.1) is 0 Å². The number of nitrogens with zero attached hydrogens (tertiary/aromatic N) is 3. The van der Waals surface area contributed by atoms with E-state index in [1.54, 1.807) is 0 Å². The molecule has 3 saturated heterocycles. The maximum Gasteiger partial charge on any atom is 0.193 e. The van der Waals surface area contributed by atoms with Crippen molar-refractivity contribution in [1.82, 2.24) is 15.1 Å². The second kappa shape index (κ2) is 12.0. The van der Waals surface area contributed by atoms with Gasteiger partial charge >= 0.3 is 0 Å². The van der Waals surface area contributed by atoms with Crippen molar-refractivity contribution in [3.63, 3.8) is 0 Å². The summed E-state index contributed by atoms with van der Waals surface area (Å²) in [6, 6.07) is 4.70. The Morgan fingerprint density at radius 1 is 1.20 bits per heavy atom. The Balaban J connectivity index is 0.00000256. The lowest BCUT2D eigenvalue weighted by atomic mass is 10.1. The molecule has 0 bridgehead atoms. The molecule has 4 heterocycles. The van der Waals surface area contributed by atoms with E-state index in [1.807, 2.05) is 18.4 Å². The van der Waals surface area contributed by atoms with Crippen LogP contribution in [0.1, 0.15) is 30.7 Å². The highest BCUT2D eigenvalue weighted by Crippen LogP contribution is 2.27. The molecular formula is C21H35IN4O3S. The van der Waals surface area contributed by atoms with Crippen LogP contribution in [0.3, 0.4) is 0 Å². The van der Waals surface area contributed by atoms with Crippen LogP contribution in [0.4, 0.5) is 0 Å². The predicted molar refractivity (Wildman–Crippen MR) is 131 cm³/mol. The van der Waals surface area contributed by atoms with Gasteiger partial charge in [0.2, 0.25) is 0 Å². The summed E-state index contributed by atoms with van der Waals surface area (Å²) < 4.78 is 17.6. The molecule has 0 saturated carbocycles. The first-order chi connectivity index (χ1) is 14.2. The van der Waals surface area contributed by atoms with Crippen molar-refractivity contribution < 1.29 is 14.2 Å². The van der Waals surface area contributed by atoms with Crippen molar-refractivity contribution in [2.45, 2.75) is 44.1 Å². The number of nitrogens with one attached hydrogen (secondary N) is 1. The van der Waals surface area contributed by atoms with Crippen LogP contribution < -0.4 is 5.32 Å². The van der Waals surface area contributed by atoms with Crippen molar-refractivity contribution in [2.75, 3.05) is 59.6 Å². The molecule has 30 heavy (non-hydrogen) atoms. The molecule has 9 heteroatoms. The first kappa shape index (κ1) is 24.2. The Morgan fingerprint density at radius 3 is 2.73 bits per heavy atom. The number of ether oxygens (including phenoxy) is 3. The Hall–Kier alpha value is -0.460. The van der Waals surface area contributed by atoms with Crippen molar-refractivity contribution in [1.29, 1.82) is 0 Å². The fourth-order valence-corrected chi connectivity index (χ4v) is 5.39. The van der Waals surface area contributed by atoms with Crippen LogP contribution in [0.25, 0.3) is 0 Å². The summed E-state index contributed by atoms with van der Waals surface area (Å²) in [6.45, 7) is 8.99. The molecule has 7 nitrogen and oxygen atoms in total. The van der Waals surface area contributed by atoms with Crippen molar-refractivity contribution in [2.24, 2.45) is 4.99 Å². The normalized spacial score (nSPS) is 29.5. The monoisotopic (exact) mass is 550 g/mol. The fraction of sp³-hybridized carbons (Fsp3) is 0.762. The number of guanidine groups is 1. The van der Waals surface area contributed by atoms with Crippen molar-refractivity contribution in [3.8, 4) is 0 Å². The maximum absolute atomic E-state index is 6.01. The summed E-state index contributed by atoms with van der Waals surface area (Å²) in [6.07, 6.45) is 2.87. The van der Waals surface area contributed by atoms with Gasteiger partial charge < -0.3 is 24.4 Å². The Kier molecular flexibility index (Phi) is 9.64. The Morgan fingerprint density at radius 2 is 2.03 bits per heavy atom. The Bertz CT molecular complexity index is 657. The molecule has 170 valence electrons. The number of hydrogen-bond donors (Lipinski definition) is 1. The highest BCUT2D eigenvalue weighted by Gasteiger charge is 2.33. The average molecular weight is 551 g/mol. The van der Waals surface area contributed by atoms with Gasteiger partial charge in [0.05, 0.1) is 31.5 Å². The largest absolute Gasteiger partial charge is 0.376 e. The van der Waals surface area contributed by atoms with Gasteiger partial charge in [-0.1, -0.05) is 6.07 Å². The lowest BCUT2D eigenvalue weighted by Crippen LogP contribution is -2.54. The first-order valence-corrected chi connectivity index (χ1v) is 11.7. The SMILES string of the molecule is CN=C(NCC(c1cccs1)N1CCOC(C)C1)N1CCOC(C2CCCO2)C1.I. The molecule has 0 amide bonds. The average Bonchev–Trinajstić information content (AvgIpc) is 3.46. The van der Waals surface area contributed by atoms with E-state index in [1.165, 1.54) is 4.88 Å². The van der Waals surface area contributed by atoms with Crippen LogP contribution in [0.15, 0.2) is 22.5 Å². The molecule has 3 aliphatic rings. The highest BCUT2D eigenvalue weighted by atomic mass is 127. The first-order valence-electron chi connectivity index (χ1n) is 10.8. The van der Waals surface area contributed by atoms with Crippen molar-refractivity contribution in [3.05, 3.63) is 22.4 Å². The zero-order valence-corrected chi connectivity index (χ0v) is 21.1. The number of rotatable bonds is 5. The summed E-state index contributed by atoms with van der Waals surface area (Å²) in [5.74, 6) is 0.958. The summed E-state index contributed by atoms with van der Waals surface area (Å²) in [4.78, 5) is 10.8. The third-order valence-electron chi connectivity index (χ3n) is 6.02. The summed E-state index contributed by atoms with van der Waals surface area (Å²) in [5.41, 5.74) is 0. The third kappa shape index (κ3) is 6.07. The van der Waals surface area contributed by atoms with Gasteiger partial charge in [0.1, 0.15) is 6.10 Å². The number of aliphatic imine (C=N–C) groups is 1. The molecule has 1 aromatic rings. The van der Waals surface area contributed by atoms with E-state index < -0.39 is 0 Å². The van der Waals surface area contributed by atoms with Gasteiger partial charge in [-0.3, -0.25) is 9.89 Å². The van der Waals surface area contributed by atoms with Crippen LogP contribution in [-0.4, -0.2) is 93.7 Å². The third-order valence-corrected chi connectivity index (χ3v) is 7.00. The van der Waals surface area contributed by atoms with E-state index in [2.05, 4.69) is 44.5 Å². The molecule has 4 rings (SSSR count). The van der Waals surface area contributed by atoms with Gasteiger partial charge in [0.25, 0.3) is 0 Å². The summed E-state index contributed by atoms with van der Waals surface area (Å²) >= 11 is 1.83. The topological polar surface area (TPSA) is 58.6 Å². The van der Waals surface area contributed by atoms with Crippen LogP contribution in [0.5, 0.6) is 0 Å². The van der Waals surface area contributed by atoms with E-state index in [-0.39, 0.29) is 42.3 Å². The lowest BCUT2D eigenvalue weighted by Gasteiger charge is -2.39. The number of halogens is 1. The highest BCUT2D eigenvalue weighted by molar-refractivity contribution is 14.0. The van der Waals surface area contributed by atoms with E-state index in [4.69, 9.17) is 14.2 Å². The zero-order chi connectivity index (χ0) is 20.1. The number of hydrogen-bond acceptors (Lipinski definition) is 6. The van der Waals surface area contributed by atoms with Gasteiger partial charge in [0, 0.05) is 51.3 Å². The second-order valence-electron chi connectivity index (χ2n) is 8.04. The molecule has 0 aliphatic carbocycles. The molecular weight excluding hydrogens is 515 g/mol. The molecule has 1 N–H and O–H groups in total. The smallest absolute Gasteiger partial charge is 0.193 e. The molecule has 1 aromatic heterocycles. The molecule has 4 atom stereocenters. The molecule has 0 aromatic carbocycles. The van der Waals surface area contributed by atoms with Crippen LogP contribution in [-0.2, 0) is 14.2 Å². The van der Waals surface area contributed by atoms with E-state index in [0.717, 1.165) is 71.3 Å². The van der Waals surface area contributed by atoms with Gasteiger partial charge in [-0.25, -0.2) is 0 Å². The molecule has 4 unspecified atom stereocenters. The predicted octanol–water partition coefficient (Wildman–Crippen LogP) is 2.58. The second-order valence-corrected chi connectivity index (χ2v) is 9.02. The molecule has 3 aliphatic heterocycles. The van der Waals surface area contributed by atoms with Crippen molar-refractivity contribution >= 4 is 41.3 Å².